The number of hydrogen-bond donors (Lipinski definition) is 1. The Labute approximate surface area is 126 Å². The highest BCUT2D eigenvalue weighted by Gasteiger charge is 2.22. The fraction of sp³-hybridized carbons (Fsp3) is 0.500. The summed E-state index contributed by atoms with van der Waals surface area (Å²) < 4.78 is 23.5. The van der Waals surface area contributed by atoms with Gasteiger partial charge in [0.1, 0.15) is 10.0 Å². The summed E-state index contributed by atoms with van der Waals surface area (Å²) in [6, 6.07) is 0. The van der Waals surface area contributed by atoms with Crippen LogP contribution in [-0.2, 0) is 9.53 Å². The third kappa shape index (κ3) is 4.11. The molecule has 5 nitrogen and oxygen atoms in total. The predicted octanol–water partition coefficient (Wildman–Crippen LogP) is 3.08. The van der Waals surface area contributed by atoms with Crippen molar-refractivity contribution in [1.82, 2.24) is 4.98 Å². The average Bonchev–Trinajstić information content (AvgIpc) is 2.39. The molecule has 0 radical (unpaired) electrons. The molecular formula is C12H15Cl2FN2O3. The minimum absolute atomic E-state index is 0.153. The largest absolute Gasteiger partial charge is 0.463 e. The molecule has 1 aromatic heterocycles. The second-order valence-corrected chi connectivity index (χ2v) is 5.29. The van der Waals surface area contributed by atoms with E-state index in [1.165, 1.54) is 6.92 Å². The van der Waals surface area contributed by atoms with Crippen LogP contribution in [0.5, 0.6) is 5.88 Å². The van der Waals surface area contributed by atoms with Gasteiger partial charge < -0.3 is 15.2 Å². The van der Waals surface area contributed by atoms with Gasteiger partial charge in [0, 0.05) is 0 Å². The van der Waals surface area contributed by atoms with Crippen LogP contribution in [0.2, 0.25) is 10.0 Å². The lowest BCUT2D eigenvalue weighted by Gasteiger charge is -2.16. The smallest absolute Gasteiger partial charge is 0.347 e. The summed E-state index contributed by atoms with van der Waals surface area (Å²) in [5.74, 6) is -1.74. The molecule has 20 heavy (non-hydrogen) atoms. The van der Waals surface area contributed by atoms with Gasteiger partial charge in [-0.1, -0.05) is 37.0 Å². The maximum atomic E-state index is 13.3. The van der Waals surface area contributed by atoms with Crippen molar-refractivity contribution in [3.05, 3.63) is 16.0 Å². The van der Waals surface area contributed by atoms with Gasteiger partial charge >= 0.3 is 5.97 Å². The first-order chi connectivity index (χ1) is 9.23. The second kappa shape index (κ2) is 6.95. The molecule has 112 valence electrons. The topological polar surface area (TPSA) is 74.4 Å². The Morgan fingerprint density at radius 3 is 2.50 bits per heavy atom. The van der Waals surface area contributed by atoms with Crippen molar-refractivity contribution in [1.29, 1.82) is 0 Å². The maximum absolute atomic E-state index is 13.3. The van der Waals surface area contributed by atoms with Crippen LogP contribution in [0.1, 0.15) is 20.8 Å². The number of carbonyl (C=O) groups excluding carboxylic acids is 1. The van der Waals surface area contributed by atoms with Crippen LogP contribution in [0.4, 0.5) is 10.1 Å². The molecule has 2 N–H and O–H groups in total. The van der Waals surface area contributed by atoms with E-state index in [2.05, 4.69) is 4.98 Å². The third-order valence-corrected chi connectivity index (χ3v) is 2.95. The number of esters is 1. The Morgan fingerprint density at radius 2 is 1.95 bits per heavy atom. The lowest BCUT2D eigenvalue weighted by molar-refractivity contribution is -0.152. The minimum Gasteiger partial charge on any atom is -0.463 e. The van der Waals surface area contributed by atoms with Crippen molar-refractivity contribution in [3.63, 3.8) is 0 Å². The molecule has 0 unspecified atom stereocenters. The lowest BCUT2D eigenvalue weighted by atomic mass is 10.2. The highest BCUT2D eigenvalue weighted by Crippen LogP contribution is 2.35. The summed E-state index contributed by atoms with van der Waals surface area (Å²) in [7, 11) is 0. The van der Waals surface area contributed by atoms with Crippen molar-refractivity contribution >= 4 is 34.9 Å². The number of ether oxygens (including phenoxy) is 2. The predicted molar refractivity (Wildman–Crippen MR) is 74.5 cm³/mol. The third-order valence-electron chi connectivity index (χ3n) is 2.22. The molecule has 0 bridgehead atoms. The van der Waals surface area contributed by atoms with Crippen molar-refractivity contribution in [2.75, 3.05) is 12.3 Å². The Bertz CT molecular complexity index is 512. The highest BCUT2D eigenvalue weighted by atomic mass is 35.5. The molecule has 0 saturated carbocycles. The van der Waals surface area contributed by atoms with Crippen LogP contribution < -0.4 is 10.5 Å². The number of aromatic nitrogens is 1. The maximum Gasteiger partial charge on any atom is 0.347 e. The average molecular weight is 325 g/mol. The molecule has 0 aliphatic heterocycles. The second-order valence-electron chi connectivity index (χ2n) is 4.53. The van der Waals surface area contributed by atoms with Crippen LogP contribution in [0.15, 0.2) is 0 Å². The van der Waals surface area contributed by atoms with Gasteiger partial charge in [0.15, 0.2) is 6.10 Å². The molecule has 0 aromatic carbocycles. The van der Waals surface area contributed by atoms with E-state index >= 15 is 0 Å². The van der Waals surface area contributed by atoms with E-state index in [1.54, 1.807) is 0 Å². The Kier molecular flexibility index (Phi) is 5.83. The summed E-state index contributed by atoms with van der Waals surface area (Å²) in [5, 5.41) is -0.544. The molecule has 0 aliphatic rings. The number of carbonyl (C=O) groups is 1. The Balaban J connectivity index is 2.81. The van der Waals surface area contributed by atoms with Crippen LogP contribution in [0, 0.1) is 11.9 Å². The van der Waals surface area contributed by atoms with Gasteiger partial charge in [-0.05, 0) is 12.8 Å². The van der Waals surface area contributed by atoms with Gasteiger partial charge in [-0.2, -0.15) is 9.37 Å². The van der Waals surface area contributed by atoms with E-state index in [0.717, 1.165) is 0 Å². The van der Waals surface area contributed by atoms with Crippen molar-refractivity contribution in [3.8, 4) is 5.88 Å². The molecule has 1 heterocycles. The van der Waals surface area contributed by atoms with Gasteiger partial charge in [0.25, 0.3) is 0 Å². The van der Waals surface area contributed by atoms with Crippen molar-refractivity contribution in [2.45, 2.75) is 26.9 Å². The summed E-state index contributed by atoms with van der Waals surface area (Å²) in [5.41, 5.74) is 5.30. The summed E-state index contributed by atoms with van der Waals surface area (Å²) in [4.78, 5) is 15.0. The molecule has 1 rings (SSSR count). The molecule has 0 spiro atoms. The summed E-state index contributed by atoms with van der Waals surface area (Å²) >= 11 is 11.4. The number of anilines is 1. The number of halogens is 3. The number of rotatable bonds is 5. The zero-order chi connectivity index (χ0) is 15.4. The number of hydrogen-bond acceptors (Lipinski definition) is 5. The fourth-order valence-corrected chi connectivity index (χ4v) is 1.54. The zero-order valence-corrected chi connectivity index (χ0v) is 12.8. The molecule has 8 heteroatoms. The van der Waals surface area contributed by atoms with Gasteiger partial charge in [-0.3, -0.25) is 0 Å². The summed E-state index contributed by atoms with van der Waals surface area (Å²) in [6.45, 7) is 5.48. The summed E-state index contributed by atoms with van der Waals surface area (Å²) in [6.07, 6.45) is -1.00. The van der Waals surface area contributed by atoms with Crippen molar-refractivity contribution in [2.24, 2.45) is 5.92 Å². The first-order valence-corrected chi connectivity index (χ1v) is 6.62. The molecule has 0 aliphatic carbocycles. The Morgan fingerprint density at radius 1 is 1.35 bits per heavy atom. The molecule has 0 saturated heterocycles. The van der Waals surface area contributed by atoms with E-state index in [9.17, 15) is 9.18 Å². The fourth-order valence-electron chi connectivity index (χ4n) is 1.17. The van der Waals surface area contributed by atoms with E-state index < -0.39 is 23.0 Å². The molecule has 1 aromatic rings. The number of nitrogens with two attached hydrogens (primary N) is 1. The van der Waals surface area contributed by atoms with Crippen LogP contribution in [-0.4, -0.2) is 23.7 Å². The quantitative estimate of drug-likeness (QED) is 0.665. The van der Waals surface area contributed by atoms with Gasteiger partial charge in [-0.25, -0.2) is 4.79 Å². The number of nitrogens with zero attached hydrogens (tertiary/aromatic N) is 1. The monoisotopic (exact) mass is 324 g/mol. The number of pyridine rings is 1. The van der Waals surface area contributed by atoms with E-state index in [1.807, 2.05) is 13.8 Å². The number of nitrogen functional groups attached to an aromatic ring is 1. The minimum atomic E-state index is -1.02. The molecule has 0 amide bonds. The van der Waals surface area contributed by atoms with Gasteiger partial charge in [0.05, 0.1) is 12.3 Å². The van der Waals surface area contributed by atoms with Crippen LogP contribution in [0.25, 0.3) is 0 Å². The van der Waals surface area contributed by atoms with Gasteiger partial charge in [0.2, 0.25) is 11.8 Å². The van der Waals surface area contributed by atoms with Crippen LogP contribution in [0.3, 0.4) is 0 Å². The van der Waals surface area contributed by atoms with E-state index in [0.29, 0.717) is 0 Å². The van der Waals surface area contributed by atoms with Crippen LogP contribution >= 0.6 is 23.2 Å². The first-order valence-electron chi connectivity index (χ1n) is 5.87. The first kappa shape index (κ1) is 16.8. The van der Waals surface area contributed by atoms with Gasteiger partial charge in [-0.15, -0.1) is 0 Å². The molecular weight excluding hydrogens is 310 g/mol. The SMILES string of the molecule is CC(C)COC(=O)[C@@H](C)Oc1nc(F)c(Cl)c(N)c1Cl. The zero-order valence-electron chi connectivity index (χ0n) is 11.2. The van der Waals surface area contributed by atoms with Crippen molar-refractivity contribution < 1.29 is 18.7 Å². The normalized spacial score (nSPS) is 12.3. The molecule has 0 fully saturated rings. The van der Waals surface area contributed by atoms with E-state index in [4.69, 9.17) is 38.4 Å². The lowest BCUT2D eigenvalue weighted by Crippen LogP contribution is -2.28. The highest BCUT2D eigenvalue weighted by molar-refractivity contribution is 6.39. The Hall–Kier alpha value is -1.27. The van der Waals surface area contributed by atoms with E-state index in [-0.39, 0.29) is 29.1 Å². The standard InChI is InChI=1S/C12H15Cl2FN2O3/c1-5(2)4-19-12(18)6(3)20-11-8(14)9(16)7(13)10(15)17-11/h5-6H,4H2,1-3H3,(H2,16,17)/t6-/m1/s1. The molecule has 1 atom stereocenters.